The average Bonchev–Trinajstić information content (AvgIpc) is 2.92. The molecule has 2 rings (SSSR count). The molecule has 2 heterocycles. The van der Waals surface area contributed by atoms with Crippen LogP contribution in [0.1, 0.15) is 23.2 Å². The smallest absolute Gasteiger partial charge is 0.271 e. The molecule has 0 bridgehead atoms. The number of nitrogens with zero attached hydrogens (tertiary/aromatic N) is 5. The Kier molecular flexibility index (Phi) is 4.01. The van der Waals surface area contributed by atoms with E-state index in [0.29, 0.717) is 18.2 Å². The van der Waals surface area contributed by atoms with Gasteiger partial charge in [0.05, 0.1) is 18.9 Å². The fourth-order valence-electron chi connectivity index (χ4n) is 1.53. The van der Waals surface area contributed by atoms with Crippen molar-refractivity contribution in [3.05, 3.63) is 30.2 Å². The number of amides is 1. The maximum Gasteiger partial charge on any atom is 0.271 e. The summed E-state index contributed by atoms with van der Waals surface area (Å²) >= 11 is 0. The molecule has 1 amide bonds. The number of aromatic nitrogens is 5. The average molecular weight is 261 g/mol. The van der Waals surface area contributed by atoms with Gasteiger partial charge in [0, 0.05) is 13.6 Å². The Morgan fingerprint density at radius 3 is 3.00 bits per heavy atom. The van der Waals surface area contributed by atoms with E-state index in [1.54, 1.807) is 19.6 Å². The SMILES string of the molecule is CCn1cnnc1CNC(=O)c1cncc(NC)n1. The minimum Gasteiger partial charge on any atom is -0.372 e. The molecule has 2 N–H and O–H groups in total. The number of carbonyl (C=O) groups excluding carboxylic acids is 1. The Morgan fingerprint density at radius 1 is 1.42 bits per heavy atom. The van der Waals surface area contributed by atoms with Crippen LogP contribution in [0.4, 0.5) is 5.82 Å². The molecule has 0 aromatic carbocycles. The lowest BCUT2D eigenvalue weighted by molar-refractivity contribution is 0.0944. The highest BCUT2D eigenvalue weighted by Gasteiger charge is 2.10. The van der Waals surface area contributed by atoms with Crippen LogP contribution in [0.15, 0.2) is 18.7 Å². The van der Waals surface area contributed by atoms with Crippen molar-refractivity contribution in [1.82, 2.24) is 30.0 Å². The highest BCUT2D eigenvalue weighted by molar-refractivity contribution is 5.92. The van der Waals surface area contributed by atoms with E-state index in [1.807, 2.05) is 11.5 Å². The van der Waals surface area contributed by atoms with Crippen molar-refractivity contribution in [3.8, 4) is 0 Å². The Balaban J connectivity index is 2.01. The summed E-state index contributed by atoms with van der Waals surface area (Å²) in [6.45, 7) is 3.04. The van der Waals surface area contributed by atoms with Crippen LogP contribution in [0.25, 0.3) is 0 Å². The summed E-state index contributed by atoms with van der Waals surface area (Å²) in [6, 6.07) is 0. The van der Waals surface area contributed by atoms with Gasteiger partial charge < -0.3 is 15.2 Å². The number of hydrogen-bond donors (Lipinski definition) is 2. The lowest BCUT2D eigenvalue weighted by Gasteiger charge is -2.06. The summed E-state index contributed by atoms with van der Waals surface area (Å²) in [5, 5.41) is 13.3. The van der Waals surface area contributed by atoms with Crippen LogP contribution in [-0.2, 0) is 13.1 Å². The van der Waals surface area contributed by atoms with Crippen LogP contribution < -0.4 is 10.6 Å². The molecule has 0 saturated heterocycles. The zero-order valence-electron chi connectivity index (χ0n) is 10.8. The summed E-state index contributed by atoms with van der Waals surface area (Å²) in [5.41, 5.74) is 0.259. The molecule has 0 saturated carbocycles. The van der Waals surface area contributed by atoms with Gasteiger partial charge in [0.2, 0.25) is 0 Å². The van der Waals surface area contributed by atoms with Crippen molar-refractivity contribution < 1.29 is 4.79 Å². The summed E-state index contributed by atoms with van der Waals surface area (Å²) in [7, 11) is 1.72. The quantitative estimate of drug-likeness (QED) is 0.789. The molecule has 0 unspecified atom stereocenters. The highest BCUT2D eigenvalue weighted by atomic mass is 16.1. The summed E-state index contributed by atoms with van der Waals surface area (Å²) in [4.78, 5) is 20.0. The number of carbonyl (C=O) groups is 1. The van der Waals surface area contributed by atoms with Gasteiger partial charge in [-0.2, -0.15) is 0 Å². The van der Waals surface area contributed by atoms with E-state index in [-0.39, 0.29) is 11.6 Å². The predicted molar refractivity (Wildman–Crippen MR) is 68.4 cm³/mol. The van der Waals surface area contributed by atoms with Crippen LogP contribution in [-0.4, -0.2) is 37.7 Å². The van der Waals surface area contributed by atoms with Gasteiger partial charge in [0.1, 0.15) is 17.8 Å². The standard InChI is InChI=1S/C11H15N7O/c1-3-18-7-15-17-10(18)6-14-11(19)8-4-13-5-9(12-2)16-8/h4-5,7H,3,6H2,1-2H3,(H,12,16)(H,14,19). The van der Waals surface area contributed by atoms with Gasteiger partial charge in [-0.1, -0.05) is 0 Å². The topological polar surface area (TPSA) is 97.6 Å². The van der Waals surface area contributed by atoms with Crippen molar-refractivity contribution >= 4 is 11.7 Å². The second-order valence-electron chi connectivity index (χ2n) is 3.76. The molecule has 0 spiro atoms. The zero-order chi connectivity index (χ0) is 13.7. The van der Waals surface area contributed by atoms with E-state index in [1.165, 1.54) is 6.20 Å². The van der Waals surface area contributed by atoms with E-state index in [4.69, 9.17) is 0 Å². The molecule has 8 nitrogen and oxygen atoms in total. The van der Waals surface area contributed by atoms with Crippen LogP contribution in [0.2, 0.25) is 0 Å². The third-order valence-corrected chi connectivity index (χ3v) is 2.57. The fraction of sp³-hybridized carbons (Fsp3) is 0.364. The molecule has 0 aliphatic heterocycles. The number of hydrogen-bond acceptors (Lipinski definition) is 6. The van der Waals surface area contributed by atoms with E-state index < -0.39 is 0 Å². The molecule has 0 radical (unpaired) electrons. The third-order valence-electron chi connectivity index (χ3n) is 2.57. The minimum absolute atomic E-state index is 0.259. The van der Waals surface area contributed by atoms with Crippen molar-refractivity contribution in [3.63, 3.8) is 0 Å². The predicted octanol–water partition coefficient (Wildman–Crippen LogP) is 0.0597. The van der Waals surface area contributed by atoms with E-state index in [2.05, 4.69) is 30.8 Å². The minimum atomic E-state index is -0.296. The van der Waals surface area contributed by atoms with Crippen molar-refractivity contribution in [2.45, 2.75) is 20.0 Å². The Labute approximate surface area is 110 Å². The lowest BCUT2D eigenvalue weighted by Crippen LogP contribution is -2.25. The summed E-state index contributed by atoms with van der Waals surface area (Å²) in [6.07, 6.45) is 4.59. The van der Waals surface area contributed by atoms with Gasteiger partial charge in [-0.05, 0) is 6.92 Å². The van der Waals surface area contributed by atoms with Gasteiger partial charge in [0.15, 0.2) is 5.82 Å². The number of anilines is 1. The summed E-state index contributed by atoms with van der Waals surface area (Å²) in [5.74, 6) is 0.952. The second kappa shape index (κ2) is 5.89. The molecule has 100 valence electrons. The molecular formula is C11H15N7O. The normalized spacial score (nSPS) is 10.2. The zero-order valence-corrected chi connectivity index (χ0v) is 10.8. The summed E-state index contributed by atoms with van der Waals surface area (Å²) < 4.78 is 1.86. The van der Waals surface area contributed by atoms with Gasteiger partial charge in [-0.25, -0.2) is 4.98 Å². The maximum absolute atomic E-state index is 11.9. The number of rotatable bonds is 5. The van der Waals surface area contributed by atoms with Gasteiger partial charge >= 0.3 is 0 Å². The molecule has 8 heteroatoms. The Bertz CT molecular complexity index is 566. The second-order valence-corrected chi connectivity index (χ2v) is 3.76. The monoisotopic (exact) mass is 261 g/mol. The molecule has 0 fully saturated rings. The molecule has 2 aromatic heterocycles. The van der Waals surface area contributed by atoms with Gasteiger partial charge in [-0.3, -0.25) is 9.78 Å². The van der Waals surface area contributed by atoms with Crippen LogP contribution >= 0.6 is 0 Å². The molecular weight excluding hydrogens is 246 g/mol. The number of nitrogens with one attached hydrogen (secondary N) is 2. The first-order valence-corrected chi connectivity index (χ1v) is 5.89. The molecule has 19 heavy (non-hydrogen) atoms. The lowest BCUT2D eigenvalue weighted by atomic mass is 10.4. The molecule has 0 aliphatic rings. The number of aryl methyl sites for hydroxylation is 1. The van der Waals surface area contributed by atoms with Gasteiger partial charge in [0.25, 0.3) is 5.91 Å². The first-order valence-electron chi connectivity index (χ1n) is 5.89. The highest BCUT2D eigenvalue weighted by Crippen LogP contribution is 2.01. The largest absolute Gasteiger partial charge is 0.372 e. The van der Waals surface area contributed by atoms with Crippen LogP contribution in [0.5, 0.6) is 0 Å². The first-order chi connectivity index (χ1) is 9.24. The van der Waals surface area contributed by atoms with Crippen molar-refractivity contribution in [2.75, 3.05) is 12.4 Å². The Hall–Kier alpha value is -2.51. The first kappa shape index (κ1) is 12.9. The third kappa shape index (κ3) is 3.03. The van der Waals surface area contributed by atoms with Crippen molar-refractivity contribution in [1.29, 1.82) is 0 Å². The molecule has 2 aromatic rings. The van der Waals surface area contributed by atoms with E-state index in [9.17, 15) is 4.79 Å². The fourth-order valence-corrected chi connectivity index (χ4v) is 1.53. The van der Waals surface area contributed by atoms with Crippen LogP contribution in [0.3, 0.4) is 0 Å². The molecule has 0 aliphatic carbocycles. The maximum atomic E-state index is 11.9. The Morgan fingerprint density at radius 2 is 2.26 bits per heavy atom. The van der Waals surface area contributed by atoms with Gasteiger partial charge in [-0.15, -0.1) is 10.2 Å². The van der Waals surface area contributed by atoms with E-state index in [0.717, 1.165) is 6.54 Å². The van der Waals surface area contributed by atoms with Crippen LogP contribution in [0, 0.1) is 0 Å². The molecule has 0 atom stereocenters. The van der Waals surface area contributed by atoms with E-state index >= 15 is 0 Å². The van der Waals surface area contributed by atoms with Crippen molar-refractivity contribution in [2.24, 2.45) is 0 Å².